The van der Waals surface area contributed by atoms with Gasteiger partial charge in [0.2, 0.25) is 0 Å². The van der Waals surface area contributed by atoms with Gasteiger partial charge in [0, 0.05) is 0 Å². The van der Waals surface area contributed by atoms with Gasteiger partial charge >= 0.3 is 0 Å². The molecule has 2 saturated carbocycles. The Bertz CT molecular complexity index is 464. The summed E-state index contributed by atoms with van der Waals surface area (Å²) < 4.78 is 0. The van der Waals surface area contributed by atoms with E-state index in [0.29, 0.717) is 21.5 Å². The first-order valence-electron chi connectivity index (χ1n) is 9.16. The molecule has 20 heavy (non-hydrogen) atoms. The van der Waals surface area contributed by atoms with Gasteiger partial charge in [-0.1, -0.05) is 71.3 Å². The number of hydrogen-bond donors (Lipinski definition) is 0. The third kappa shape index (κ3) is 1.04. The molecule has 0 amide bonds. The standard InChI is InChI=1S/C19H33B/c1-8-14-13-9-10-19(12(2)11-16(19,3)4)15(13)18(7)17(5,6)20(14)18/h12-15H,8-11H2,1-7H3. The van der Waals surface area contributed by atoms with E-state index in [1.54, 1.807) is 6.42 Å². The molecule has 0 bridgehead atoms. The van der Waals surface area contributed by atoms with E-state index in [0.717, 1.165) is 30.3 Å². The van der Waals surface area contributed by atoms with E-state index in [1.165, 1.54) is 19.3 Å². The SMILES string of the molecule is CCC1B2C(C)(C)C2(C)C2C1CCC21C(C)CC1(C)C. The number of hydrogen-bond acceptors (Lipinski definition) is 0. The molecule has 112 valence electrons. The normalized spacial score (nSPS) is 57.5. The van der Waals surface area contributed by atoms with Crippen molar-refractivity contribution in [2.75, 3.05) is 0 Å². The second-order valence-corrected chi connectivity index (χ2v) is 10.3. The largest absolute Gasteiger partial charge is 0.155 e. The van der Waals surface area contributed by atoms with Crippen LogP contribution in [0.3, 0.4) is 0 Å². The molecule has 2 aliphatic carbocycles. The summed E-state index contributed by atoms with van der Waals surface area (Å²) >= 11 is 0. The molecule has 1 heteroatoms. The van der Waals surface area contributed by atoms with Crippen molar-refractivity contribution in [3.05, 3.63) is 0 Å². The zero-order valence-electron chi connectivity index (χ0n) is 14.7. The van der Waals surface area contributed by atoms with E-state index in [2.05, 4.69) is 48.5 Å². The monoisotopic (exact) mass is 272 g/mol. The predicted octanol–water partition coefficient (Wildman–Crippen LogP) is 5.91. The average Bonchev–Trinajstić information content (AvgIpc) is 2.74. The van der Waals surface area contributed by atoms with Crippen LogP contribution < -0.4 is 0 Å². The third-order valence-electron chi connectivity index (χ3n) is 9.65. The Labute approximate surface area is 126 Å². The minimum absolute atomic E-state index is 0.598. The van der Waals surface area contributed by atoms with E-state index in [-0.39, 0.29) is 0 Å². The second kappa shape index (κ2) is 3.35. The van der Waals surface area contributed by atoms with E-state index in [4.69, 9.17) is 0 Å². The van der Waals surface area contributed by atoms with Crippen molar-refractivity contribution >= 4 is 6.71 Å². The van der Waals surface area contributed by atoms with Gasteiger partial charge in [-0.2, -0.15) is 0 Å². The summed E-state index contributed by atoms with van der Waals surface area (Å²) in [5.74, 6) is 4.09. The van der Waals surface area contributed by atoms with Crippen molar-refractivity contribution in [3.63, 3.8) is 0 Å². The van der Waals surface area contributed by atoms with E-state index in [1.807, 2.05) is 0 Å². The van der Waals surface area contributed by atoms with Crippen molar-refractivity contribution in [1.82, 2.24) is 0 Å². The first-order valence-corrected chi connectivity index (χ1v) is 9.16. The smallest absolute Gasteiger partial charge is 0.0666 e. The summed E-state index contributed by atoms with van der Waals surface area (Å²) in [6.45, 7) is 19.1. The van der Waals surface area contributed by atoms with Crippen molar-refractivity contribution in [2.24, 2.45) is 28.6 Å². The van der Waals surface area contributed by atoms with Gasteiger partial charge in [0.1, 0.15) is 0 Å². The van der Waals surface area contributed by atoms with Crippen LogP contribution in [0.25, 0.3) is 0 Å². The molecule has 6 unspecified atom stereocenters. The fourth-order valence-electron chi connectivity index (χ4n) is 8.96. The van der Waals surface area contributed by atoms with Crippen LogP contribution in [0.1, 0.15) is 74.1 Å². The summed E-state index contributed by atoms with van der Waals surface area (Å²) in [5.41, 5.74) is 1.28. The second-order valence-electron chi connectivity index (χ2n) is 10.3. The van der Waals surface area contributed by atoms with Gasteiger partial charge in [-0.05, 0) is 47.8 Å². The molecule has 4 fully saturated rings. The highest BCUT2D eigenvalue weighted by Crippen LogP contribution is 2.94. The van der Waals surface area contributed by atoms with E-state index < -0.39 is 0 Å². The summed E-state index contributed by atoms with van der Waals surface area (Å²) in [7, 11) is 0. The van der Waals surface area contributed by atoms with Crippen LogP contribution in [-0.4, -0.2) is 6.71 Å². The molecule has 2 heterocycles. The molecule has 6 atom stereocenters. The quantitative estimate of drug-likeness (QED) is 0.521. The molecular weight excluding hydrogens is 239 g/mol. The van der Waals surface area contributed by atoms with E-state index in [9.17, 15) is 0 Å². The highest BCUT2D eigenvalue weighted by atomic mass is 14.8. The molecular formula is C19H33B. The summed E-state index contributed by atoms with van der Waals surface area (Å²) in [6, 6.07) is 0. The van der Waals surface area contributed by atoms with Gasteiger partial charge in [-0.25, -0.2) is 0 Å². The Morgan fingerprint density at radius 2 is 1.75 bits per heavy atom. The van der Waals surface area contributed by atoms with Crippen LogP contribution in [0.15, 0.2) is 0 Å². The molecule has 1 spiro atoms. The van der Waals surface area contributed by atoms with Crippen molar-refractivity contribution in [1.29, 1.82) is 0 Å². The fraction of sp³-hybridized carbons (Fsp3) is 1.00. The summed E-state index contributed by atoms with van der Waals surface area (Å²) in [5, 5.41) is 1.26. The molecule has 4 rings (SSSR count). The lowest BCUT2D eigenvalue weighted by Gasteiger charge is -2.65. The highest BCUT2D eigenvalue weighted by Gasteiger charge is 2.86. The lowest BCUT2D eigenvalue weighted by Crippen LogP contribution is -2.57. The van der Waals surface area contributed by atoms with Gasteiger partial charge in [-0.3, -0.25) is 0 Å². The van der Waals surface area contributed by atoms with Crippen molar-refractivity contribution in [3.8, 4) is 0 Å². The Hall–Kier alpha value is 0.0649. The summed E-state index contributed by atoms with van der Waals surface area (Å²) in [4.78, 5) is 0. The van der Waals surface area contributed by atoms with Gasteiger partial charge in [0.05, 0.1) is 0 Å². The Morgan fingerprint density at radius 1 is 1.10 bits per heavy atom. The van der Waals surface area contributed by atoms with Crippen molar-refractivity contribution < 1.29 is 0 Å². The topological polar surface area (TPSA) is 0 Å². The van der Waals surface area contributed by atoms with Crippen LogP contribution in [0.2, 0.25) is 16.4 Å². The van der Waals surface area contributed by atoms with E-state index >= 15 is 0 Å². The van der Waals surface area contributed by atoms with Crippen LogP contribution in [0, 0.1) is 28.6 Å². The number of fused-ring (bicyclic) bond motifs is 4. The Balaban J connectivity index is 1.82. The molecule has 0 nitrogen and oxygen atoms in total. The molecule has 4 aliphatic rings. The minimum Gasteiger partial charge on any atom is -0.0666 e. The third-order valence-corrected chi connectivity index (χ3v) is 9.65. The average molecular weight is 272 g/mol. The Morgan fingerprint density at radius 3 is 2.25 bits per heavy atom. The first-order chi connectivity index (χ1) is 9.16. The van der Waals surface area contributed by atoms with Crippen LogP contribution in [0.5, 0.6) is 0 Å². The lowest BCUT2D eigenvalue weighted by atomic mass is 9.39. The van der Waals surface area contributed by atoms with Crippen LogP contribution in [-0.2, 0) is 0 Å². The molecule has 0 N–H and O–H groups in total. The van der Waals surface area contributed by atoms with Crippen LogP contribution in [0.4, 0.5) is 0 Å². The van der Waals surface area contributed by atoms with Gasteiger partial charge in [-0.15, -0.1) is 0 Å². The molecule has 2 saturated heterocycles. The minimum atomic E-state index is 0.598. The van der Waals surface area contributed by atoms with Gasteiger partial charge in [0.15, 0.2) is 6.71 Å². The maximum absolute atomic E-state index is 2.68. The molecule has 2 aliphatic heterocycles. The first kappa shape index (κ1) is 13.7. The lowest BCUT2D eigenvalue weighted by molar-refractivity contribution is -0.154. The summed E-state index contributed by atoms with van der Waals surface area (Å²) in [6.07, 6.45) is 5.97. The van der Waals surface area contributed by atoms with Crippen LogP contribution >= 0.6 is 0 Å². The maximum atomic E-state index is 2.68. The highest BCUT2D eigenvalue weighted by molar-refractivity contribution is 6.81. The zero-order valence-corrected chi connectivity index (χ0v) is 14.7. The van der Waals surface area contributed by atoms with Gasteiger partial charge in [0.25, 0.3) is 0 Å². The molecule has 0 aromatic rings. The maximum Gasteiger partial charge on any atom is 0.155 e. The molecule has 0 radical (unpaired) electrons. The fourth-order valence-corrected chi connectivity index (χ4v) is 8.96. The molecule has 0 aromatic carbocycles. The van der Waals surface area contributed by atoms with Gasteiger partial charge < -0.3 is 0 Å². The number of rotatable bonds is 1. The predicted molar refractivity (Wildman–Crippen MR) is 88.4 cm³/mol. The molecule has 0 aromatic heterocycles. The zero-order chi connectivity index (χ0) is 14.7. The Kier molecular flexibility index (Phi) is 2.30. The van der Waals surface area contributed by atoms with Crippen molar-refractivity contribution in [2.45, 2.75) is 90.6 Å².